The zero-order valence-corrected chi connectivity index (χ0v) is 13.0. The van der Waals surface area contributed by atoms with E-state index < -0.39 is 0 Å². The van der Waals surface area contributed by atoms with E-state index in [1.165, 1.54) is 11.3 Å². The highest BCUT2D eigenvalue weighted by Gasteiger charge is 2.26. The fourth-order valence-corrected chi connectivity index (χ4v) is 3.59. The zero-order chi connectivity index (χ0) is 11.7. The molecule has 2 atom stereocenters. The van der Waals surface area contributed by atoms with Gasteiger partial charge >= 0.3 is 0 Å². The average Bonchev–Trinajstić information content (AvgIpc) is 2.62. The van der Waals surface area contributed by atoms with Gasteiger partial charge in [-0.2, -0.15) is 0 Å². The minimum atomic E-state index is 0. The number of nitrogens with one attached hydrogen (secondary N) is 1. The topological polar surface area (TPSA) is 32.3 Å². The summed E-state index contributed by atoms with van der Waals surface area (Å²) < 4.78 is 0.904. The molecule has 6 heteroatoms. The molecule has 1 fully saturated rings. The number of carbonyl (C=O) groups is 1. The van der Waals surface area contributed by atoms with Crippen molar-refractivity contribution < 1.29 is 4.79 Å². The monoisotopic (exact) mass is 338 g/mol. The molecule has 0 radical (unpaired) electrons. The van der Waals surface area contributed by atoms with Crippen molar-refractivity contribution >= 4 is 45.6 Å². The van der Waals surface area contributed by atoms with Crippen LogP contribution in [0, 0.1) is 0 Å². The maximum atomic E-state index is 12.3. The van der Waals surface area contributed by atoms with Gasteiger partial charge in [-0.05, 0) is 41.2 Å². The van der Waals surface area contributed by atoms with Crippen LogP contribution in [0.15, 0.2) is 15.9 Å². The lowest BCUT2D eigenvalue weighted by molar-refractivity contribution is 0.0678. The van der Waals surface area contributed by atoms with Crippen LogP contribution in [0.4, 0.5) is 0 Å². The van der Waals surface area contributed by atoms with Crippen molar-refractivity contribution in [1.29, 1.82) is 0 Å². The molecule has 0 saturated carbocycles. The largest absolute Gasteiger partial charge is 0.335 e. The summed E-state index contributed by atoms with van der Waals surface area (Å²) in [5, 5.41) is 5.36. The van der Waals surface area contributed by atoms with E-state index in [0.717, 1.165) is 22.4 Å². The number of carbonyl (C=O) groups excluding carboxylic acids is 1. The van der Waals surface area contributed by atoms with Crippen LogP contribution < -0.4 is 5.32 Å². The lowest BCUT2D eigenvalue weighted by Crippen LogP contribution is -2.55. The number of piperazine rings is 1. The normalized spacial score (nSPS) is 24.3. The fraction of sp³-hybridized carbons (Fsp3) is 0.545. The van der Waals surface area contributed by atoms with Gasteiger partial charge in [0, 0.05) is 29.6 Å². The second kappa shape index (κ2) is 6.18. The highest BCUT2D eigenvalue weighted by molar-refractivity contribution is 9.10. The van der Waals surface area contributed by atoms with E-state index in [2.05, 4.69) is 35.1 Å². The summed E-state index contributed by atoms with van der Waals surface area (Å²) in [5.41, 5.74) is 0. The second-order valence-electron chi connectivity index (χ2n) is 4.28. The molecular weight excluding hydrogens is 324 g/mol. The van der Waals surface area contributed by atoms with E-state index in [0.29, 0.717) is 12.1 Å². The van der Waals surface area contributed by atoms with Crippen molar-refractivity contribution in [2.24, 2.45) is 0 Å². The van der Waals surface area contributed by atoms with Crippen LogP contribution in [0.3, 0.4) is 0 Å². The van der Waals surface area contributed by atoms with E-state index >= 15 is 0 Å². The van der Waals surface area contributed by atoms with Crippen molar-refractivity contribution in [2.75, 3.05) is 13.1 Å². The van der Waals surface area contributed by atoms with Crippen LogP contribution in [0.1, 0.15) is 23.5 Å². The molecule has 1 aromatic rings. The standard InChI is InChI=1S/C11H15BrN2OS.ClH/c1-7-5-14(6-8(2)13-7)11(15)10-9(12)3-4-16-10;/h3-4,7-8,13H,5-6H2,1-2H3;1H. The van der Waals surface area contributed by atoms with Gasteiger partial charge in [0.05, 0.1) is 0 Å². The first-order valence-corrected chi connectivity index (χ1v) is 7.03. The van der Waals surface area contributed by atoms with Gasteiger partial charge in [0.1, 0.15) is 4.88 Å². The van der Waals surface area contributed by atoms with Gasteiger partial charge in [-0.15, -0.1) is 23.7 Å². The Labute approximate surface area is 120 Å². The zero-order valence-electron chi connectivity index (χ0n) is 9.77. The molecule has 2 unspecified atom stereocenters. The molecule has 17 heavy (non-hydrogen) atoms. The Hall–Kier alpha value is -0.100. The van der Waals surface area contributed by atoms with Crippen LogP contribution in [0.5, 0.6) is 0 Å². The molecule has 0 aromatic carbocycles. The first-order chi connectivity index (χ1) is 7.58. The van der Waals surface area contributed by atoms with Crippen molar-refractivity contribution in [2.45, 2.75) is 25.9 Å². The summed E-state index contributed by atoms with van der Waals surface area (Å²) >= 11 is 4.91. The van der Waals surface area contributed by atoms with Gasteiger partial charge in [-0.3, -0.25) is 4.79 Å². The Morgan fingerprint density at radius 1 is 1.47 bits per heavy atom. The third kappa shape index (κ3) is 3.44. The van der Waals surface area contributed by atoms with E-state index in [-0.39, 0.29) is 18.3 Å². The molecule has 1 saturated heterocycles. The lowest BCUT2D eigenvalue weighted by Gasteiger charge is -2.36. The first kappa shape index (κ1) is 15.0. The molecule has 0 bridgehead atoms. The number of amides is 1. The van der Waals surface area contributed by atoms with Crippen LogP contribution in [0.25, 0.3) is 0 Å². The summed E-state index contributed by atoms with van der Waals surface area (Å²) in [7, 11) is 0. The summed E-state index contributed by atoms with van der Waals surface area (Å²) in [4.78, 5) is 15.0. The Kier molecular flexibility index (Phi) is 5.44. The summed E-state index contributed by atoms with van der Waals surface area (Å²) in [5.74, 6) is 0.141. The molecule has 0 spiro atoms. The van der Waals surface area contributed by atoms with E-state index in [4.69, 9.17) is 0 Å². The Bertz CT molecular complexity index is 389. The quantitative estimate of drug-likeness (QED) is 0.853. The van der Waals surface area contributed by atoms with Gasteiger partial charge in [0.15, 0.2) is 0 Å². The summed E-state index contributed by atoms with van der Waals surface area (Å²) in [6, 6.07) is 2.66. The lowest BCUT2D eigenvalue weighted by atomic mass is 10.1. The molecule has 1 aliphatic rings. The predicted molar refractivity (Wildman–Crippen MR) is 77.2 cm³/mol. The summed E-state index contributed by atoms with van der Waals surface area (Å²) in [6.07, 6.45) is 0. The van der Waals surface area contributed by atoms with Gasteiger partial charge in [0.25, 0.3) is 5.91 Å². The molecule has 3 nitrogen and oxygen atoms in total. The van der Waals surface area contributed by atoms with Gasteiger partial charge in [0.2, 0.25) is 0 Å². The minimum absolute atomic E-state index is 0. The molecule has 1 N–H and O–H groups in total. The Morgan fingerprint density at radius 2 is 2.06 bits per heavy atom. The van der Waals surface area contributed by atoms with Crippen LogP contribution >= 0.6 is 39.7 Å². The smallest absolute Gasteiger partial charge is 0.265 e. The van der Waals surface area contributed by atoms with Crippen molar-refractivity contribution in [1.82, 2.24) is 10.2 Å². The molecule has 2 heterocycles. The van der Waals surface area contributed by atoms with Gasteiger partial charge in [-0.1, -0.05) is 0 Å². The number of rotatable bonds is 1. The average molecular weight is 340 g/mol. The van der Waals surface area contributed by atoms with Crippen LogP contribution in [0.2, 0.25) is 0 Å². The number of thiophene rings is 1. The third-order valence-corrected chi connectivity index (χ3v) is 4.48. The maximum absolute atomic E-state index is 12.3. The van der Waals surface area contributed by atoms with Crippen LogP contribution in [-0.4, -0.2) is 36.0 Å². The van der Waals surface area contributed by atoms with Crippen molar-refractivity contribution in [3.05, 3.63) is 20.8 Å². The number of hydrogen-bond acceptors (Lipinski definition) is 3. The SMILES string of the molecule is CC1CN(C(=O)c2sccc2Br)CC(C)N1.Cl. The number of nitrogens with zero attached hydrogens (tertiary/aromatic N) is 1. The van der Waals surface area contributed by atoms with E-state index in [1.54, 1.807) is 0 Å². The van der Waals surface area contributed by atoms with Crippen molar-refractivity contribution in [3.63, 3.8) is 0 Å². The Morgan fingerprint density at radius 3 is 2.53 bits per heavy atom. The fourth-order valence-electron chi connectivity index (χ4n) is 2.08. The van der Waals surface area contributed by atoms with Crippen molar-refractivity contribution in [3.8, 4) is 0 Å². The predicted octanol–water partition coefficient (Wildman–Crippen LogP) is 2.75. The molecule has 1 aliphatic heterocycles. The molecular formula is C11H16BrClN2OS. The highest BCUT2D eigenvalue weighted by atomic mass is 79.9. The number of hydrogen-bond donors (Lipinski definition) is 1. The van der Waals surface area contributed by atoms with Gasteiger partial charge < -0.3 is 10.2 Å². The minimum Gasteiger partial charge on any atom is -0.335 e. The maximum Gasteiger partial charge on any atom is 0.265 e. The highest BCUT2D eigenvalue weighted by Crippen LogP contribution is 2.24. The molecule has 1 aromatic heterocycles. The van der Waals surface area contributed by atoms with Gasteiger partial charge in [-0.25, -0.2) is 0 Å². The van der Waals surface area contributed by atoms with E-state index in [9.17, 15) is 4.79 Å². The molecule has 96 valence electrons. The van der Waals surface area contributed by atoms with Crippen LogP contribution in [-0.2, 0) is 0 Å². The molecule has 0 aliphatic carbocycles. The Balaban J connectivity index is 0.00000144. The molecule has 1 amide bonds. The third-order valence-electron chi connectivity index (χ3n) is 2.66. The van der Waals surface area contributed by atoms with E-state index in [1.807, 2.05) is 16.3 Å². The molecule has 2 rings (SSSR count). The summed E-state index contributed by atoms with van der Waals surface area (Å²) in [6.45, 7) is 5.79. The second-order valence-corrected chi connectivity index (χ2v) is 6.05. The first-order valence-electron chi connectivity index (χ1n) is 5.36. The number of halogens is 2.